The molecule has 3 rings (SSSR count). The number of ether oxygens (including phenoxy) is 2. The minimum Gasteiger partial charge on any atom is -0.462 e. The second kappa shape index (κ2) is 9.56. The zero-order valence-corrected chi connectivity index (χ0v) is 17.8. The number of benzene rings is 1. The molecule has 0 unspecified atom stereocenters. The molecule has 11 heteroatoms. The van der Waals surface area contributed by atoms with Crippen molar-refractivity contribution in [1.82, 2.24) is 4.90 Å². The van der Waals surface area contributed by atoms with Gasteiger partial charge >= 0.3 is 12.1 Å². The number of thiophene rings is 1. The molecule has 0 aliphatic carbocycles. The topological polar surface area (TPSA) is 128 Å². The number of rotatable bonds is 6. The molecule has 10 nitrogen and oxygen atoms in total. The van der Waals surface area contributed by atoms with Crippen LogP contribution in [0.5, 0.6) is 0 Å². The van der Waals surface area contributed by atoms with E-state index in [1.54, 1.807) is 13.8 Å². The molecule has 1 aliphatic rings. The van der Waals surface area contributed by atoms with Crippen molar-refractivity contribution in [2.24, 2.45) is 0 Å². The molecule has 0 fully saturated rings. The number of fused-ring (bicyclic) bond motifs is 1. The molecule has 0 radical (unpaired) electrons. The van der Waals surface area contributed by atoms with Crippen molar-refractivity contribution in [2.45, 2.75) is 26.8 Å². The van der Waals surface area contributed by atoms with E-state index in [0.717, 1.165) is 16.2 Å². The number of hydrogen-bond acceptors (Lipinski definition) is 8. The third kappa shape index (κ3) is 4.66. The van der Waals surface area contributed by atoms with Crippen molar-refractivity contribution in [3.05, 3.63) is 55.9 Å². The number of hydrogen-bond donors (Lipinski definition) is 1. The fourth-order valence-electron chi connectivity index (χ4n) is 3.28. The number of amides is 2. The first-order valence-electron chi connectivity index (χ1n) is 9.65. The van der Waals surface area contributed by atoms with Gasteiger partial charge in [-0.3, -0.25) is 14.9 Å². The summed E-state index contributed by atoms with van der Waals surface area (Å²) in [7, 11) is 0. The molecule has 0 saturated heterocycles. The summed E-state index contributed by atoms with van der Waals surface area (Å²) >= 11 is 1.14. The van der Waals surface area contributed by atoms with E-state index in [4.69, 9.17) is 9.47 Å². The minimum absolute atomic E-state index is 0.123. The van der Waals surface area contributed by atoms with Crippen molar-refractivity contribution in [3.63, 3.8) is 0 Å². The Labute approximate surface area is 181 Å². The van der Waals surface area contributed by atoms with Crippen LogP contribution in [-0.4, -0.2) is 47.6 Å². The molecular formula is C20H21N3O7S. The lowest BCUT2D eigenvalue weighted by atomic mass is 10.0. The highest BCUT2D eigenvalue weighted by Gasteiger charge is 2.32. The number of nitro groups is 1. The van der Waals surface area contributed by atoms with E-state index in [9.17, 15) is 24.5 Å². The number of carbonyl (C=O) groups is 3. The average Bonchev–Trinajstić information content (AvgIpc) is 3.10. The number of anilines is 1. The lowest BCUT2D eigenvalue weighted by Crippen LogP contribution is -2.36. The minimum atomic E-state index is -0.710. The average molecular weight is 447 g/mol. The fraction of sp³-hybridized carbons (Fsp3) is 0.350. The Balaban J connectivity index is 1.95. The Hall–Kier alpha value is -3.47. The SMILES string of the molecule is CCOC(=O)c1c(NC(=O)c2ccccc2[N+](=O)[O-])sc2c1CCN(C(=O)OCC)C2. The van der Waals surface area contributed by atoms with Crippen LogP contribution in [0.2, 0.25) is 0 Å². The molecule has 0 spiro atoms. The van der Waals surface area contributed by atoms with E-state index in [-0.39, 0.29) is 41.6 Å². The Morgan fingerprint density at radius 2 is 1.90 bits per heavy atom. The van der Waals surface area contributed by atoms with E-state index in [2.05, 4.69) is 5.32 Å². The molecule has 2 amide bonds. The van der Waals surface area contributed by atoms with Crippen LogP contribution in [0.1, 0.15) is 45.0 Å². The lowest BCUT2D eigenvalue weighted by molar-refractivity contribution is -0.385. The van der Waals surface area contributed by atoms with Gasteiger partial charge in [0.2, 0.25) is 0 Å². The van der Waals surface area contributed by atoms with Crippen molar-refractivity contribution in [1.29, 1.82) is 0 Å². The highest BCUT2D eigenvalue weighted by molar-refractivity contribution is 7.17. The van der Waals surface area contributed by atoms with Gasteiger partial charge in [-0.25, -0.2) is 9.59 Å². The van der Waals surface area contributed by atoms with Gasteiger partial charge in [0.25, 0.3) is 11.6 Å². The Bertz CT molecular complexity index is 1030. The summed E-state index contributed by atoms with van der Waals surface area (Å²) in [6, 6.07) is 5.56. The third-order valence-electron chi connectivity index (χ3n) is 4.63. The van der Waals surface area contributed by atoms with Crippen LogP contribution >= 0.6 is 11.3 Å². The summed E-state index contributed by atoms with van der Waals surface area (Å²) in [6.45, 7) is 4.37. The summed E-state index contributed by atoms with van der Waals surface area (Å²) in [5.74, 6) is -1.30. The normalized spacial score (nSPS) is 12.6. The zero-order valence-electron chi connectivity index (χ0n) is 17.0. The van der Waals surface area contributed by atoms with Crippen LogP contribution in [0.15, 0.2) is 24.3 Å². The second-order valence-electron chi connectivity index (χ2n) is 6.53. The molecule has 1 aromatic heterocycles. The molecular weight excluding hydrogens is 426 g/mol. The number of para-hydroxylation sites is 1. The Kier molecular flexibility index (Phi) is 6.85. The molecule has 31 heavy (non-hydrogen) atoms. The van der Waals surface area contributed by atoms with Gasteiger partial charge in [-0.05, 0) is 31.9 Å². The van der Waals surface area contributed by atoms with Crippen LogP contribution < -0.4 is 5.32 Å². The maximum atomic E-state index is 12.8. The number of esters is 1. The fourth-order valence-corrected chi connectivity index (χ4v) is 4.52. The second-order valence-corrected chi connectivity index (χ2v) is 7.63. The molecule has 164 valence electrons. The smallest absolute Gasteiger partial charge is 0.410 e. The van der Waals surface area contributed by atoms with E-state index >= 15 is 0 Å². The van der Waals surface area contributed by atoms with Crippen LogP contribution in [0, 0.1) is 10.1 Å². The first-order valence-corrected chi connectivity index (χ1v) is 10.5. The van der Waals surface area contributed by atoms with Crippen LogP contribution in [0.25, 0.3) is 0 Å². The van der Waals surface area contributed by atoms with Gasteiger partial charge < -0.3 is 19.7 Å². The third-order valence-corrected chi connectivity index (χ3v) is 5.77. The Morgan fingerprint density at radius 3 is 2.58 bits per heavy atom. The van der Waals surface area contributed by atoms with Crippen LogP contribution in [0.3, 0.4) is 0 Å². The zero-order chi connectivity index (χ0) is 22.5. The quantitative estimate of drug-likeness (QED) is 0.407. The molecule has 0 bridgehead atoms. The summed E-state index contributed by atoms with van der Waals surface area (Å²) in [4.78, 5) is 50.4. The van der Waals surface area contributed by atoms with E-state index in [1.165, 1.54) is 29.2 Å². The first-order chi connectivity index (χ1) is 14.9. The van der Waals surface area contributed by atoms with Crippen LogP contribution in [-0.2, 0) is 22.4 Å². The van der Waals surface area contributed by atoms with Gasteiger partial charge in [-0.2, -0.15) is 0 Å². The highest BCUT2D eigenvalue weighted by Crippen LogP contribution is 2.38. The predicted octanol–water partition coefficient (Wildman–Crippen LogP) is 3.60. The summed E-state index contributed by atoms with van der Waals surface area (Å²) in [6.07, 6.45) is -0.0649. The van der Waals surface area contributed by atoms with E-state index in [1.807, 2.05) is 0 Å². The van der Waals surface area contributed by atoms with Gasteiger partial charge in [-0.1, -0.05) is 12.1 Å². The van der Waals surface area contributed by atoms with Crippen molar-refractivity contribution < 1.29 is 28.8 Å². The summed E-state index contributed by atoms with van der Waals surface area (Å²) in [5.41, 5.74) is 0.452. The largest absolute Gasteiger partial charge is 0.462 e. The molecule has 2 aromatic rings. The monoisotopic (exact) mass is 447 g/mol. The number of nitrogens with one attached hydrogen (secondary N) is 1. The van der Waals surface area contributed by atoms with Crippen molar-refractivity contribution in [3.8, 4) is 0 Å². The molecule has 0 atom stereocenters. The van der Waals surface area contributed by atoms with E-state index < -0.39 is 22.9 Å². The standard InChI is InChI=1S/C20H21N3O7S/c1-3-29-19(25)16-13-9-10-22(20(26)30-4-2)11-15(13)31-18(16)21-17(24)12-7-5-6-8-14(12)23(27)28/h5-8H,3-4,9-11H2,1-2H3,(H,21,24). The van der Waals surface area contributed by atoms with Gasteiger partial charge in [0.1, 0.15) is 10.6 Å². The Morgan fingerprint density at radius 1 is 1.19 bits per heavy atom. The highest BCUT2D eigenvalue weighted by atomic mass is 32.1. The molecule has 0 saturated carbocycles. The lowest BCUT2D eigenvalue weighted by Gasteiger charge is -2.26. The number of carbonyl (C=O) groups excluding carboxylic acids is 3. The van der Waals surface area contributed by atoms with Gasteiger partial charge in [0, 0.05) is 17.5 Å². The van der Waals surface area contributed by atoms with E-state index in [0.29, 0.717) is 18.5 Å². The molecule has 2 heterocycles. The van der Waals surface area contributed by atoms with Gasteiger partial charge in [-0.15, -0.1) is 11.3 Å². The maximum Gasteiger partial charge on any atom is 0.410 e. The molecule has 1 aliphatic heterocycles. The van der Waals surface area contributed by atoms with Gasteiger partial charge in [0.05, 0.1) is 30.2 Å². The van der Waals surface area contributed by atoms with Gasteiger partial charge in [0.15, 0.2) is 0 Å². The predicted molar refractivity (Wildman–Crippen MR) is 112 cm³/mol. The van der Waals surface area contributed by atoms with Crippen molar-refractivity contribution >= 4 is 40.0 Å². The first kappa shape index (κ1) is 22.2. The van der Waals surface area contributed by atoms with Crippen molar-refractivity contribution in [2.75, 3.05) is 25.1 Å². The maximum absolute atomic E-state index is 12.8. The number of nitrogens with zero attached hydrogens (tertiary/aromatic N) is 2. The molecule has 1 aromatic carbocycles. The van der Waals surface area contributed by atoms with Crippen LogP contribution in [0.4, 0.5) is 15.5 Å². The summed E-state index contributed by atoms with van der Waals surface area (Å²) < 4.78 is 10.2. The molecule has 1 N–H and O–H groups in total. The number of nitro benzene ring substituents is 1. The summed E-state index contributed by atoms with van der Waals surface area (Å²) in [5, 5.41) is 14.1.